The number of nitrogens with zero attached hydrogens (tertiary/aromatic N) is 2. The first-order valence-corrected chi connectivity index (χ1v) is 6.54. The molecule has 0 aromatic carbocycles. The minimum Gasteiger partial charge on any atom is -0.478 e. The maximum Gasteiger partial charge on any atom is 0.328 e. The molecule has 0 aliphatic heterocycles. The maximum atomic E-state index is 12.0. The fourth-order valence-electron chi connectivity index (χ4n) is 1.46. The van der Waals surface area contributed by atoms with Gasteiger partial charge in [0.2, 0.25) is 0 Å². The number of carboxylic acid groups (broad SMARTS) is 1. The first kappa shape index (κ1) is 13.9. The Labute approximate surface area is 118 Å². The van der Waals surface area contributed by atoms with Gasteiger partial charge in [-0.1, -0.05) is 6.07 Å². The molecule has 102 valence electrons. The second kappa shape index (κ2) is 6.07. The highest BCUT2D eigenvalue weighted by atomic mass is 32.1. The van der Waals surface area contributed by atoms with Gasteiger partial charge in [0.05, 0.1) is 16.9 Å². The summed E-state index contributed by atoms with van der Waals surface area (Å²) in [6.07, 6.45) is 2.34. The van der Waals surface area contributed by atoms with Crippen molar-refractivity contribution in [2.24, 2.45) is 0 Å². The molecule has 0 radical (unpaired) electrons. The molecule has 0 saturated carbocycles. The Kier molecular flexibility index (Phi) is 4.21. The van der Waals surface area contributed by atoms with E-state index in [1.807, 2.05) is 0 Å². The van der Waals surface area contributed by atoms with Gasteiger partial charge in [-0.3, -0.25) is 4.79 Å². The molecule has 0 aliphatic rings. The van der Waals surface area contributed by atoms with Crippen LogP contribution in [0.5, 0.6) is 0 Å². The zero-order valence-electron chi connectivity index (χ0n) is 10.5. The van der Waals surface area contributed by atoms with E-state index in [1.54, 1.807) is 30.6 Å². The predicted octanol–water partition coefficient (Wildman–Crippen LogP) is 2.20. The monoisotopic (exact) mass is 289 g/mol. The highest BCUT2D eigenvalue weighted by Gasteiger charge is 2.12. The van der Waals surface area contributed by atoms with E-state index >= 15 is 0 Å². The van der Waals surface area contributed by atoms with Crippen LogP contribution in [0.3, 0.4) is 0 Å². The standard InChI is InChI=1S/C13H11N3O3S/c1-8-12(20-7-14-8)13(19)16-10-4-2-3-9(15-10)5-6-11(17)18/h2-7H,1H3,(H,17,18)(H,15,16,19). The van der Waals surface area contributed by atoms with Crippen LogP contribution in [0.2, 0.25) is 0 Å². The molecule has 1 amide bonds. The molecule has 2 rings (SSSR count). The number of hydrogen-bond donors (Lipinski definition) is 2. The molecule has 2 aromatic heterocycles. The van der Waals surface area contributed by atoms with Crippen LogP contribution in [0.1, 0.15) is 21.1 Å². The molecule has 0 aliphatic carbocycles. The number of hydrogen-bond acceptors (Lipinski definition) is 5. The Morgan fingerprint density at radius 2 is 2.20 bits per heavy atom. The van der Waals surface area contributed by atoms with Gasteiger partial charge in [-0.25, -0.2) is 14.8 Å². The van der Waals surface area contributed by atoms with Crippen LogP contribution < -0.4 is 5.32 Å². The van der Waals surface area contributed by atoms with Gasteiger partial charge in [0.1, 0.15) is 10.7 Å². The fraction of sp³-hybridized carbons (Fsp3) is 0.0769. The van der Waals surface area contributed by atoms with E-state index in [-0.39, 0.29) is 5.91 Å². The van der Waals surface area contributed by atoms with Crippen LogP contribution >= 0.6 is 11.3 Å². The highest BCUT2D eigenvalue weighted by molar-refractivity contribution is 7.12. The lowest BCUT2D eigenvalue weighted by molar-refractivity contribution is -0.131. The molecule has 0 atom stereocenters. The molecule has 20 heavy (non-hydrogen) atoms. The molecule has 0 spiro atoms. The van der Waals surface area contributed by atoms with Gasteiger partial charge in [0.25, 0.3) is 5.91 Å². The smallest absolute Gasteiger partial charge is 0.328 e. The van der Waals surface area contributed by atoms with Crippen molar-refractivity contribution in [3.8, 4) is 0 Å². The Balaban J connectivity index is 2.14. The molecule has 2 aromatic rings. The van der Waals surface area contributed by atoms with Crippen molar-refractivity contribution in [1.82, 2.24) is 9.97 Å². The molecule has 6 nitrogen and oxygen atoms in total. The largest absolute Gasteiger partial charge is 0.478 e. The van der Waals surface area contributed by atoms with Crippen molar-refractivity contribution in [2.75, 3.05) is 5.32 Å². The minimum atomic E-state index is -1.05. The number of thiazole rings is 1. The lowest BCUT2D eigenvalue weighted by Gasteiger charge is -2.03. The number of aliphatic carboxylic acids is 1. The fourth-order valence-corrected chi connectivity index (χ4v) is 2.16. The summed E-state index contributed by atoms with van der Waals surface area (Å²) in [5.74, 6) is -0.978. The molecule has 2 heterocycles. The van der Waals surface area contributed by atoms with Crippen molar-refractivity contribution in [3.05, 3.63) is 46.1 Å². The van der Waals surface area contributed by atoms with Gasteiger partial charge < -0.3 is 10.4 Å². The summed E-state index contributed by atoms with van der Waals surface area (Å²) < 4.78 is 0. The molecule has 0 bridgehead atoms. The summed E-state index contributed by atoms with van der Waals surface area (Å²) in [4.78, 5) is 31.1. The van der Waals surface area contributed by atoms with Gasteiger partial charge in [-0.2, -0.15) is 0 Å². The minimum absolute atomic E-state index is 0.281. The number of aryl methyl sites for hydroxylation is 1. The topological polar surface area (TPSA) is 92.2 Å². The summed E-state index contributed by atoms with van der Waals surface area (Å²) in [6.45, 7) is 1.75. The first-order valence-electron chi connectivity index (χ1n) is 5.66. The highest BCUT2D eigenvalue weighted by Crippen LogP contribution is 2.14. The van der Waals surface area contributed by atoms with Crippen LogP contribution in [0.15, 0.2) is 29.8 Å². The van der Waals surface area contributed by atoms with E-state index in [4.69, 9.17) is 5.11 Å². The number of aromatic nitrogens is 2. The van der Waals surface area contributed by atoms with E-state index in [0.717, 1.165) is 6.08 Å². The molecule has 2 N–H and O–H groups in total. The van der Waals surface area contributed by atoms with Gasteiger partial charge in [-0.15, -0.1) is 11.3 Å². The molecule has 0 fully saturated rings. The van der Waals surface area contributed by atoms with Crippen LogP contribution in [-0.2, 0) is 4.79 Å². The zero-order valence-corrected chi connectivity index (χ0v) is 11.3. The van der Waals surface area contributed by atoms with Crippen molar-refractivity contribution in [3.63, 3.8) is 0 Å². The lowest BCUT2D eigenvalue weighted by atomic mass is 10.3. The quantitative estimate of drug-likeness (QED) is 0.842. The number of rotatable bonds is 4. The molecule has 7 heteroatoms. The molecular formula is C13H11N3O3S. The summed E-state index contributed by atoms with van der Waals surface area (Å²) in [6, 6.07) is 4.96. The number of carbonyl (C=O) groups excluding carboxylic acids is 1. The Hall–Kier alpha value is -2.54. The third-order valence-corrected chi connectivity index (χ3v) is 3.29. The number of nitrogens with one attached hydrogen (secondary N) is 1. The van der Waals surface area contributed by atoms with Crippen LogP contribution in [-0.4, -0.2) is 27.0 Å². The van der Waals surface area contributed by atoms with E-state index in [9.17, 15) is 9.59 Å². The molecule has 0 unspecified atom stereocenters. The third-order valence-electron chi connectivity index (χ3n) is 2.36. The van der Waals surface area contributed by atoms with Gasteiger partial charge >= 0.3 is 5.97 Å². The number of carbonyl (C=O) groups is 2. The van der Waals surface area contributed by atoms with Crippen LogP contribution in [0.25, 0.3) is 6.08 Å². The predicted molar refractivity (Wildman–Crippen MR) is 75.7 cm³/mol. The number of anilines is 1. The second-order valence-corrected chi connectivity index (χ2v) is 4.70. The van der Waals surface area contributed by atoms with Gasteiger partial charge in [0.15, 0.2) is 0 Å². The molecular weight excluding hydrogens is 278 g/mol. The van der Waals surface area contributed by atoms with Gasteiger partial charge in [0, 0.05) is 6.08 Å². The Bertz CT molecular complexity index is 679. The van der Waals surface area contributed by atoms with Crippen molar-refractivity contribution < 1.29 is 14.7 Å². The second-order valence-electron chi connectivity index (χ2n) is 3.84. The maximum absolute atomic E-state index is 12.0. The molecule has 0 saturated heterocycles. The average Bonchev–Trinajstić information content (AvgIpc) is 2.83. The first-order chi connectivity index (χ1) is 9.56. The summed E-state index contributed by atoms with van der Waals surface area (Å²) in [5, 5.41) is 11.2. The van der Waals surface area contributed by atoms with E-state index in [2.05, 4.69) is 15.3 Å². The lowest BCUT2D eigenvalue weighted by Crippen LogP contribution is -2.12. The SMILES string of the molecule is Cc1ncsc1C(=O)Nc1cccc(C=CC(=O)O)n1. The zero-order chi connectivity index (χ0) is 14.5. The number of pyridine rings is 1. The summed E-state index contributed by atoms with van der Waals surface area (Å²) in [7, 11) is 0. The Morgan fingerprint density at radius 3 is 2.85 bits per heavy atom. The van der Waals surface area contributed by atoms with E-state index in [0.29, 0.717) is 22.1 Å². The van der Waals surface area contributed by atoms with Crippen LogP contribution in [0.4, 0.5) is 5.82 Å². The average molecular weight is 289 g/mol. The normalized spacial score (nSPS) is 10.7. The number of amides is 1. The number of carboxylic acids is 1. The van der Waals surface area contributed by atoms with Crippen molar-refractivity contribution >= 4 is 35.1 Å². The Morgan fingerprint density at radius 1 is 1.40 bits per heavy atom. The third kappa shape index (κ3) is 3.48. The summed E-state index contributed by atoms with van der Waals surface area (Å²) >= 11 is 1.25. The van der Waals surface area contributed by atoms with Crippen LogP contribution in [0, 0.1) is 6.92 Å². The van der Waals surface area contributed by atoms with Crippen molar-refractivity contribution in [1.29, 1.82) is 0 Å². The van der Waals surface area contributed by atoms with E-state index in [1.165, 1.54) is 17.4 Å². The van der Waals surface area contributed by atoms with Gasteiger partial charge in [-0.05, 0) is 25.1 Å². The summed E-state index contributed by atoms with van der Waals surface area (Å²) in [5.41, 5.74) is 2.71. The van der Waals surface area contributed by atoms with E-state index < -0.39 is 5.97 Å². The van der Waals surface area contributed by atoms with Crippen molar-refractivity contribution in [2.45, 2.75) is 6.92 Å².